The first-order chi connectivity index (χ1) is 15.6. The summed E-state index contributed by atoms with van der Waals surface area (Å²) in [6.07, 6.45) is 0. The van der Waals surface area contributed by atoms with Crippen molar-refractivity contribution in [3.05, 3.63) is 36.4 Å². The molecular weight excluding hydrogens is 428 g/mol. The molecule has 170 valence electrons. The summed E-state index contributed by atoms with van der Waals surface area (Å²) in [5, 5.41) is 0. The lowest BCUT2D eigenvalue weighted by molar-refractivity contribution is 0.171. The summed E-state index contributed by atoms with van der Waals surface area (Å²) in [5.41, 5.74) is 2.01. The van der Waals surface area contributed by atoms with Gasteiger partial charge in [-0.05, 0) is 24.1 Å². The van der Waals surface area contributed by atoms with Gasteiger partial charge in [0.05, 0.1) is 23.4 Å². The number of urea groups is 1. The van der Waals surface area contributed by atoms with E-state index in [9.17, 15) is 4.79 Å². The fraction of sp³-hybridized carbons (Fsp3) is 0.435. The third kappa shape index (κ3) is 4.02. The number of benzene rings is 2. The Morgan fingerprint density at radius 1 is 0.969 bits per heavy atom. The zero-order valence-electron chi connectivity index (χ0n) is 18.5. The van der Waals surface area contributed by atoms with Gasteiger partial charge >= 0.3 is 6.03 Å². The molecule has 5 rings (SSSR count). The van der Waals surface area contributed by atoms with Crippen LogP contribution in [0.1, 0.15) is 0 Å². The van der Waals surface area contributed by atoms with Crippen LogP contribution in [-0.4, -0.2) is 81.9 Å². The molecule has 0 aliphatic carbocycles. The predicted molar refractivity (Wildman–Crippen MR) is 125 cm³/mol. The second-order valence-electron chi connectivity index (χ2n) is 8.00. The molecule has 1 saturated heterocycles. The third-order valence-electron chi connectivity index (χ3n) is 6.11. The summed E-state index contributed by atoms with van der Waals surface area (Å²) in [5.74, 6) is 2.36. The van der Waals surface area contributed by atoms with Gasteiger partial charge in [0.25, 0.3) is 0 Å². The van der Waals surface area contributed by atoms with Gasteiger partial charge < -0.3 is 19.1 Å². The summed E-state index contributed by atoms with van der Waals surface area (Å²) >= 11 is 1.49. The van der Waals surface area contributed by atoms with Gasteiger partial charge in [-0.1, -0.05) is 12.1 Å². The van der Waals surface area contributed by atoms with Crippen LogP contribution in [0, 0.1) is 0 Å². The number of hydrogen-bond acceptors (Lipinski definition) is 7. The smallest absolute Gasteiger partial charge is 0.334 e. The molecule has 0 aromatic heterocycles. The molecule has 32 heavy (non-hydrogen) atoms. The number of fused-ring (bicyclic) bond motifs is 2. The SMILES string of the molecule is COc1ccccc1N1CCN(CCN2Sc3cc4c(cc3N(C)C2=O)OCCO4)CC1. The van der Waals surface area contributed by atoms with Crippen molar-refractivity contribution in [1.29, 1.82) is 0 Å². The molecule has 0 spiro atoms. The molecule has 0 atom stereocenters. The van der Waals surface area contributed by atoms with Crippen LogP contribution in [0.4, 0.5) is 16.2 Å². The molecule has 3 heterocycles. The van der Waals surface area contributed by atoms with Crippen LogP contribution in [0.2, 0.25) is 0 Å². The Hall–Kier alpha value is -2.78. The zero-order chi connectivity index (χ0) is 22.1. The topological polar surface area (TPSA) is 57.7 Å². The van der Waals surface area contributed by atoms with E-state index in [1.807, 2.05) is 41.7 Å². The third-order valence-corrected chi connectivity index (χ3v) is 7.19. The number of carbonyl (C=O) groups is 1. The van der Waals surface area contributed by atoms with E-state index in [2.05, 4.69) is 15.9 Å². The highest BCUT2D eigenvalue weighted by Crippen LogP contribution is 2.45. The molecule has 2 amide bonds. The number of hydrogen-bond donors (Lipinski definition) is 0. The first kappa shape index (κ1) is 21.1. The van der Waals surface area contributed by atoms with Crippen molar-refractivity contribution in [1.82, 2.24) is 9.21 Å². The summed E-state index contributed by atoms with van der Waals surface area (Å²) < 4.78 is 18.8. The Balaban J connectivity index is 1.19. The molecule has 0 radical (unpaired) electrons. The second-order valence-corrected chi connectivity index (χ2v) is 9.06. The van der Waals surface area contributed by atoms with Crippen LogP contribution in [0.25, 0.3) is 0 Å². The molecule has 3 aliphatic heterocycles. The normalized spacial score (nSPS) is 18.6. The number of amides is 2. The van der Waals surface area contributed by atoms with Gasteiger partial charge in [-0.15, -0.1) is 0 Å². The number of carbonyl (C=O) groups excluding carboxylic acids is 1. The van der Waals surface area contributed by atoms with Crippen molar-refractivity contribution >= 4 is 29.4 Å². The molecule has 8 nitrogen and oxygen atoms in total. The van der Waals surface area contributed by atoms with Gasteiger partial charge in [-0.3, -0.25) is 14.1 Å². The molecule has 2 aromatic rings. The van der Waals surface area contributed by atoms with Gasteiger partial charge in [-0.25, -0.2) is 4.79 Å². The maximum atomic E-state index is 13.0. The number of methoxy groups -OCH3 is 1. The standard InChI is InChI=1S/C23H28N4O4S/c1-24-18-15-20-21(31-14-13-30-20)16-22(18)32-27(23(24)28)12-9-25-7-10-26(11-8-25)17-5-3-4-6-19(17)29-2/h3-6,15-16H,7-14H2,1-2H3. The molecule has 3 aliphatic rings. The largest absolute Gasteiger partial charge is 0.495 e. The average Bonchev–Trinajstić information content (AvgIpc) is 2.85. The Morgan fingerprint density at radius 3 is 2.44 bits per heavy atom. The van der Waals surface area contributed by atoms with Crippen LogP contribution in [-0.2, 0) is 0 Å². The molecular formula is C23H28N4O4S. The number of anilines is 2. The minimum Gasteiger partial charge on any atom is -0.495 e. The lowest BCUT2D eigenvalue weighted by Gasteiger charge is -2.38. The van der Waals surface area contributed by atoms with Crippen LogP contribution in [0.3, 0.4) is 0 Å². The summed E-state index contributed by atoms with van der Waals surface area (Å²) in [4.78, 5) is 20.4. The molecule has 0 saturated carbocycles. The summed E-state index contributed by atoms with van der Waals surface area (Å²) in [7, 11) is 3.53. The van der Waals surface area contributed by atoms with Gasteiger partial charge in [0.1, 0.15) is 19.0 Å². The average molecular weight is 457 g/mol. The van der Waals surface area contributed by atoms with E-state index >= 15 is 0 Å². The van der Waals surface area contributed by atoms with Crippen molar-refractivity contribution in [2.75, 3.05) is 76.4 Å². The number of rotatable bonds is 5. The van der Waals surface area contributed by atoms with Gasteiger partial charge in [0, 0.05) is 58.4 Å². The van der Waals surface area contributed by atoms with Gasteiger partial charge in [0.15, 0.2) is 11.5 Å². The Labute approximate surface area is 192 Å². The van der Waals surface area contributed by atoms with Crippen molar-refractivity contribution < 1.29 is 19.0 Å². The minimum absolute atomic E-state index is 0.00756. The van der Waals surface area contributed by atoms with Crippen molar-refractivity contribution in [2.24, 2.45) is 0 Å². The highest BCUT2D eigenvalue weighted by Gasteiger charge is 2.31. The van der Waals surface area contributed by atoms with Gasteiger partial charge in [0.2, 0.25) is 0 Å². The van der Waals surface area contributed by atoms with E-state index in [0.717, 1.165) is 60.5 Å². The van der Waals surface area contributed by atoms with Crippen LogP contribution < -0.4 is 24.0 Å². The Bertz CT molecular complexity index is 996. The van der Waals surface area contributed by atoms with E-state index < -0.39 is 0 Å². The minimum atomic E-state index is -0.00756. The van der Waals surface area contributed by atoms with Crippen LogP contribution >= 0.6 is 11.9 Å². The first-order valence-electron chi connectivity index (χ1n) is 10.9. The fourth-order valence-electron chi connectivity index (χ4n) is 4.30. The predicted octanol–water partition coefficient (Wildman–Crippen LogP) is 3.17. The van der Waals surface area contributed by atoms with Gasteiger partial charge in [-0.2, -0.15) is 0 Å². The monoisotopic (exact) mass is 456 g/mol. The lowest BCUT2D eigenvalue weighted by atomic mass is 10.2. The molecule has 0 N–H and O–H groups in total. The van der Waals surface area contributed by atoms with E-state index in [4.69, 9.17) is 14.2 Å². The number of para-hydroxylation sites is 2. The lowest BCUT2D eigenvalue weighted by Crippen LogP contribution is -2.49. The van der Waals surface area contributed by atoms with Crippen LogP contribution in [0.5, 0.6) is 17.2 Å². The Kier molecular flexibility index (Phi) is 5.93. The fourth-order valence-corrected chi connectivity index (χ4v) is 5.36. The summed E-state index contributed by atoms with van der Waals surface area (Å²) in [6, 6.07) is 12.0. The maximum Gasteiger partial charge on any atom is 0.334 e. The van der Waals surface area contributed by atoms with E-state index in [1.165, 1.54) is 11.9 Å². The maximum absolute atomic E-state index is 13.0. The molecule has 2 aromatic carbocycles. The quantitative estimate of drug-likeness (QED) is 0.641. The van der Waals surface area contributed by atoms with Crippen LogP contribution in [0.15, 0.2) is 41.3 Å². The van der Waals surface area contributed by atoms with E-state index in [-0.39, 0.29) is 6.03 Å². The van der Waals surface area contributed by atoms with E-state index in [1.54, 1.807) is 12.0 Å². The Morgan fingerprint density at radius 2 is 1.69 bits per heavy atom. The highest BCUT2D eigenvalue weighted by atomic mass is 32.2. The number of nitrogens with zero attached hydrogens (tertiary/aromatic N) is 4. The first-order valence-corrected chi connectivity index (χ1v) is 11.7. The number of piperazine rings is 1. The molecule has 1 fully saturated rings. The second kappa shape index (κ2) is 8.99. The molecule has 0 bridgehead atoms. The van der Waals surface area contributed by atoms with Crippen molar-refractivity contribution in [3.8, 4) is 17.2 Å². The highest BCUT2D eigenvalue weighted by molar-refractivity contribution is 7.97. The summed E-state index contributed by atoms with van der Waals surface area (Å²) in [6.45, 7) is 6.37. The number of ether oxygens (including phenoxy) is 3. The molecule has 0 unspecified atom stereocenters. The van der Waals surface area contributed by atoms with E-state index in [0.29, 0.717) is 25.5 Å². The van der Waals surface area contributed by atoms with Crippen molar-refractivity contribution in [3.63, 3.8) is 0 Å². The van der Waals surface area contributed by atoms with Crippen molar-refractivity contribution in [2.45, 2.75) is 4.90 Å². The zero-order valence-corrected chi connectivity index (χ0v) is 19.3. The molecule has 9 heteroatoms.